The normalized spacial score (nSPS) is 12.2. The summed E-state index contributed by atoms with van der Waals surface area (Å²) in [5.74, 6) is -0.382. The molecule has 1 N–H and O–H groups in total. The number of hydrogen-bond acceptors (Lipinski definition) is 5. The molecule has 1 unspecified atom stereocenters. The van der Waals surface area contributed by atoms with E-state index in [9.17, 15) is 4.79 Å². The minimum absolute atomic E-state index is 0.286. The van der Waals surface area contributed by atoms with Gasteiger partial charge in [0.15, 0.2) is 0 Å². The number of nitrogens with zero attached hydrogens (tertiary/aromatic N) is 3. The van der Waals surface area contributed by atoms with Crippen LogP contribution in [0.15, 0.2) is 0 Å². The number of carbonyl (C=O) groups is 1. The summed E-state index contributed by atoms with van der Waals surface area (Å²) in [7, 11) is 0. The zero-order valence-corrected chi connectivity index (χ0v) is 11.8. The topological polar surface area (TPSA) is 78.7 Å². The van der Waals surface area contributed by atoms with Crippen LogP contribution in [0, 0.1) is 23.2 Å². The maximum Gasteiger partial charge on any atom is 0.243 e. The summed E-state index contributed by atoms with van der Waals surface area (Å²) < 4.78 is 0. The van der Waals surface area contributed by atoms with E-state index in [1.807, 2.05) is 13.0 Å². The molecule has 5 nitrogen and oxygen atoms in total. The Hall–Kier alpha value is -1.48. The predicted molar refractivity (Wildman–Crippen MR) is 71.1 cm³/mol. The largest absolute Gasteiger partial charge is 0.299 e. The summed E-state index contributed by atoms with van der Waals surface area (Å²) in [6, 6.07) is 2.01. The Morgan fingerprint density at radius 3 is 2.78 bits per heavy atom. The summed E-state index contributed by atoms with van der Waals surface area (Å²) in [5, 5.41) is 20.9. The SMILES string of the molecule is CCCC(C#N)C(=O)Nc1nnc(CC(C)C)s1. The summed E-state index contributed by atoms with van der Waals surface area (Å²) in [4.78, 5) is 11.8. The monoisotopic (exact) mass is 266 g/mol. The minimum atomic E-state index is -0.604. The lowest BCUT2D eigenvalue weighted by atomic mass is 10.1. The Morgan fingerprint density at radius 2 is 2.22 bits per heavy atom. The Kier molecular flexibility index (Phi) is 5.72. The van der Waals surface area contributed by atoms with Crippen LogP contribution in [-0.2, 0) is 11.2 Å². The molecule has 0 bridgehead atoms. The first-order chi connectivity index (χ1) is 8.56. The van der Waals surface area contributed by atoms with Gasteiger partial charge in [-0.1, -0.05) is 38.5 Å². The summed E-state index contributed by atoms with van der Waals surface area (Å²) in [5.41, 5.74) is 0. The van der Waals surface area contributed by atoms with Crippen LogP contribution < -0.4 is 5.32 Å². The van der Waals surface area contributed by atoms with Gasteiger partial charge in [0.2, 0.25) is 11.0 Å². The van der Waals surface area contributed by atoms with Gasteiger partial charge in [-0.2, -0.15) is 5.26 Å². The molecule has 98 valence electrons. The van der Waals surface area contributed by atoms with Crippen LogP contribution in [-0.4, -0.2) is 16.1 Å². The fourth-order valence-electron chi connectivity index (χ4n) is 1.47. The predicted octanol–water partition coefficient (Wildman–Crippen LogP) is 2.61. The number of amides is 1. The highest BCUT2D eigenvalue weighted by molar-refractivity contribution is 7.15. The van der Waals surface area contributed by atoms with E-state index in [0.29, 0.717) is 17.5 Å². The van der Waals surface area contributed by atoms with Gasteiger partial charge in [-0.15, -0.1) is 10.2 Å². The van der Waals surface area contributed by atoms with Gasteiger partial charge in [-0.05, 0) is 12.3 Å². The van der Waals surface area contributed by atoms with Crippen molar-refractivity contribution < 1.29 is 4.79 Å². The number of carbonyl (C=O) groups excluding carboxylic acids is 1. The Labute approximate surface area is 111 Å². The third-order valence-electron chi connectivity index (χ3n) is 2.33. The van der Waals surface area contributed by atoms with Gasteiger partial charge in [-0.25, -0.2) is 0 Å². The van der Waals surface area contributed by atoms with Crippen LogP contribution in [0.25, 0.3) is 0 Å². The van der Waals surface area contributed by atoms with Crippen molar-refractivity contribution in [2.24, 2.45) is 11.8 Å². The zero-order valence-electron chi connectivity index (χ0n) is 10.9. The lowest BCUT2D eigenvalue weighted by molar-refractivity contribution is -0.118. The van der Waals surface area contributed by atoms with Crippen molar-refractivity contribution in [1.82, 2.24) is 10.2 Å². The van der Waals surface area contributed by atoms with E-state index in [2.05, 4.69) is 29.4 Å². The maximum atomic E-state index is 11.8. The van der Waals surface area contributed by atoms with E-state index in [4.69, 9.17) is 5.26 Å². The van der Waals surface area contributed by atoms with Crippen molar-refractivity contribution in [3.05, 3.63) is 5.01 Å². The molecule has 0 fully saturated rings. The molecule has 0 spiro atoms. The molecule has 6 heteroatoms. The molecule has 1 rings (SSSR count). The van der Waals surface area contributed by atoms with Gasteiger partial charge in [0.05, 0.1) is 6.07 Å². The number of nitrogens with one attached hydrogen (secondary N) is 1. The van der Waals surface area contributed by atoms with Crippen molar-refractivity contribution >= 4 is 22.4 Å². The third-order valence-corrected chi connectivity index (χ3v) is 3.19. The average molecular weight is 266 g/mol. The fraction of sp³-hybridized carbons (Fsp3) is 0.667. The number of hydrogen-bond donors (Lipinski definition) is 1. The molecule has 0 aliphatic heterocycles. The molecule has 0 radical (unpaired) electrons. The van der Waals surface area contributed by atoms with Crippen LogP contribution in [0.2, 0.25) is 0 Å². The number of rotatable bonds is 6. The smallest absolute Gasteiger partial charge is 0.243 e. The van der Waals surface area contributed by atoms with Crippen LogP contribution >= 0.6 is 11.3 Å². The molecule has 0 aromatic carbocycles. The zero-order chi connectivity index (χ0) is 13.5. The van der Waals surface area contributed by atoms with Crippen molar-refractivity contribution in [1.29, 1.82) is 5.26 Å². The molecule has 1 heterocycles. The van der Waals surface area contributed by atoms with Crippen LogP contribution in [0.5, 0.6) is 0 Å². The minimum Gasteiger partial charge on any atom is -0.299 e. The van der Waals surface area contributed by atoms with E-state index < -0.39 is 5.92 Å². The molecule has 1 aromatic heterocycles. The molecule has 1 amide bonds. The molecule has 1 atom stereocenters. The van der Waals surface area contributed by atoms with Gasteiger partial charge in [0.25, 0.3) is 0 Å². The third kappa shape index (κ3) is 4.41. The van der Waals surface area contributed by atoms with Gasteiger partial charge in [-0.3, -0.25) is 10.1 Å². The molecule has 1 aromatic rings. The average Bonchev–Trinajstić information content (AvgIpc) is 2.72. The van der Waals surface area contributed by atoms with Crippen molar-refractivity contribution in [3.63, 3.8) is 0 Å². The standard InChI is InChI=1S/C12H18N4OS/c1-4-5-9(7-13)11(17)14-12-16-15-10(18-12)6-8(2)3/h8-9H,4-6H2,1-3H3,(H,14,16,17). The highest BCUT2D eigenvalue weighted by Crippen LogP contribution is 2.19. The van der Waals surface area contributed by atoms with Crippen LogP contribution in [0.4, 0.5) is 5.13 Å². The van der Waals surface area contributed by atoms with Crippen molar-refractivity contribution in [3.8, 4) is 6.07 Å². The maximum absolute atomic E-state index is 11.8. The van der Waals surface area contributed by atoms with E-state index in [1.54, 1.807) is 0 Å². The highest BCUT2D eigenvalue weighted by atomic mass is 32.1. The summed E-state index contributed by atoms with van der Waals surface area (Å²) in [6.45, 7) is 6.16. The first kappa shape index (κ1) is 14.6. The highest BCUT2D eigenvalue weighted by Gasteiger charge is 2.18. The number of anilines is 1. The molecular weight excluding hydrogens is 248 g/mol. The van der Waals surface area contributed by atoms with Gasteiger partial charge in [0.1, 0.15) is 10.9 Å². The second kappa shape index (κ2) is 7.07. The first-order valence-electron chi connectivity index (χ1n) is 6.09. The number of aromatic nitrogens is 2. The lowest BCUT2D eigenvalue weighted by Crippen LogP contribution is -2.21. The molecule has 0 aliphatic rings. The fourth-order valence-corrected chi connectivity index (χ4v) is 2.43. The Balaban J connectivity index is 2.59. The second-order valence-corrected chi connectivity index (χ2v) is 5.62. The quantitative estimate of drug-likeness (QED) is 0.858. The Bertz CT molecular complexity index is 436. The van der Waals surface area contributed by atoms with Gasteiger partial charge >= 0.3 is 0 Å². The summed E-state index contributed by atoms with van der Waals surface area (Å²) >= 11 is 1.37. The van der Waals surface area contributed by atoms with E-state index in [1.165, 1.54) is 11.3 Å². The molecule has 18 heavy (non-hydrogen) atoms. The Morgan fingerprint density at radius 1 is 1.50 bits per heavy atom. The van der Waals surface area contributed by atoms with E-state index >= 15 is 0 Å². The molecule has 0 saturated carbocycles. The van der Waals surface area contributed by atoms with Crippen molar-refractivity contribution in [2.75, 3.05) is 5.32 Å². The molecule has 0 saturated heterocycles. The molecular formula is C12H18N4OS. The first-order valence-corrected chi connectivity index (χ1v) is 6.91. The second-order valence-electron chi connectivity index (χ2n) is 4.56. The van der Waals surface area contributed by atoms with Crippen LogP contribution in [0.3, 0.4) is 0 Å². The van der Waals surface area contributed by atoms with Gasteiger partial charge < -0.3 is 0 Å². The number of nitriles is 1. The van der Waals surface area contributed by atoms with Crippen molar-refractivity contribution in [2.45, 2.75) is 40.0 Å². The van der Waals surface area contributed by atoms with Gasteiger partial charge in [0, 0.05) is 6.42 Å². The lowest BCUT2D eigenvalue weighted by Gasteiger charge is -2.05. The van der Waals surface area contributed by atoms with E-state index in [0.717, 1.165) is 17.8 Å². The molecule has 0 aliphatic carbocycles. The summed E-state index contributed by atoms with van der Waals surface area (Å²) in [6.07, 6.45) is 2.23. The van der Waals surface area contributed by atoms with E-state index in [-0.39, 0.29) is 5.91 Å². The van der Waals surface area contributed by atoms with Crippen LogP contribution in [0.1, 0.15) is 38.6 Å².